The third-order valence-electron chi connectivity index (χ3n) is 5.91. The summed E-state index contributed by atoms with van der Waals surface area (Å²) in [7, 11) is 0. The molecule has 0 aliphatic carbocycles. The first-order valence-corrected chi connectivity index (χ1v) is 10.9. The first-order valence-electron chi connectivity index (χ1n) is 10.9. The Morgan fingerprint density at radius 3 is 2.77 bits per heavy atom. The number of para-hydroxylation sites is 1. The molecular formula is C23H32N4O3. The Labute approximate surface area is 178 Å². The molecular weight excluding hydrogens is 380 g/mol. The molecule has 162 valence electrons. The number of amides is 1. The number of rotatable bonds is 7. The van der Waals surface area contributed by atoms with Gasteiger partial charge in [-0.05, 0) is 19.9 Å². The molecule has 2 aliphatic heterocycles. The first-order chi connectivity index (χ1) is 14.4. The highest BCUT2D eigenvalue weighted by Crippen LogP contribution is 2.41. The maximum absolute atomic E-state index is 12.7. The summed E-state index contributed by atoms with van der Waals surface area (Å²) in [5, 5.41) is 0. The van der Waals surface area contributed by atoms with Crippen LogP contribution in [0.15, 0.2) is 30.6 Å². The predicted octanol–water partition coefficient (Wildman–Crippen LogP) is 2.38. The van der Waals surface area contributed by atoms with E-state index in [1.165, 1.54) is 0 Å². The number of aryl methyl sites for hydroxylation is 1. The third kappa shape index (κ3) is 4.61. The molecule has 2 aliphatic rings. The van der Waals surface area contributed by atoms with Crippen LogP contribution in [0.5, 0.6) is 11.5 Å². The van der Waals surface area contributed by atoms with Crippen molar-refractivity contribution in [3.05, 3.63) is 42.0 Å². The SMILES string of the molecule is CCc1nccn1CCN1CCN(C(=O)COc2cccc3c2OC(C)(C)C3)CC1. The van der Waals surface area contributed by atoms with Gasteiger partial charge in [0, 0.05) is 70.1 Å². The number of carbonyl (C=O) groups excluding carboxylic acids is 1. The fraction of sp³-hybridized carbons (Fsp3) is 0.565. The molecule has 1 amide bonds. The maximum atomic E-state index is 12.7. The van der Waals surface area contributed by atoms with Gasteiger partial charge in [0.2, 0.25) is 0 Å². The number of imidazole rings is 1. The second kappa shape index (κ2) is 8.68. The molecule has 1 aromatic carbocycles. The Morgan fingerprint density at radius 2 is 2.00 bits per heavy atom. The van der Waals surface area contributed by atoms with Crippen LogP contribution in [0.1, 0.15) is 32.2 Å². The van der Waals surface area contributed by atoms with E-state index in [2.05, 4.69) is 41.3 Å². The quantitative estimate of drug-likeness (QED) is 0.699. The zero-order chi connectivity index (χ0) is 21.1. The lowest BCUT2D eigenvalue weighted by Gasteiger charge is -2.34. The molecule has 0 atom stereocenters. The number of fused-ring (bicyclic) bond motifs is 1. The van der Waals surface area contributed by atoms with E-state index in [9.17, 15) is 4.79 Å². The van der Waals surface area contributed by atoms with E-state index in [0.29, 0.717) is 5.75 Å². The molecule has 2 aromatic rings. The molecule has 0 saturated carbocycles. The number of hydrogen-bond acceptors (Lipinski definition) is 5. The zero-order valence-corrected chi connectivity index (χ0v) is 18.3. The standard InChI is InChI=1S/C23H32N4O3/c1-4-20-24-8-9-26(20)13-10-25-11-14-27(15-12-25)21(28)17-29-19-7-5-6-18-16-23(2,3)30-22(18)19/h5-9H,4,10-17H2,1-3H3. The topological polar surface area (TPSA) is 59.8 Å². The number of benzene rings is 1. The highest BCUT2D eigenvalue weighted by atomic mass is 16.5. The fourth-order valence-electron chi connectivity index (χ4n) is 4.26. The number of hydrogen-bond donors (Lipinski definition) is 0. The summed E-state index contributed by atoms with van der Waals surface area (Å²) in [5.74, 6) is 2.61. The van der Waals surface area contributed by atoms with Crippen LogP contribution in [-0.2, 0) is 24.2 Å². The fourth-order valence-corrected chi connectivity index (χ4v) is 4.26. The summed E-state index contributed by atoms with van der Waals surface area (Å²) in [5.41, 5.74) is 0.916. The monoisotopic (exact) mass is 412 g/mol. The summed E-state index contributed by atoms with van der Waals surface area (Å²) in [6.07, 6.45) is 5.71. The highest BCUT2D eigenvalue weighted by Gasteiger charge is 2.32. The summed E-state index contributed by atoms with van der Waals surface area (Å²) < 4.78 is 14.1. The molecule has 0 spiro atoms. The first kappa shape index (κ1) is 20.7. The van der Waals surface area contributed by atoms with Crippen molar-refractivity contribution in [3.63, 3.8) is 0 Å². The maximum Gasteiger partial charge on any atom is 0.260 e. The molecule has 30 heavy (non-hydrogen) atoms. The van der Waals surface area contributed by atoms with Gasteiger partial charge in [-0.3, -0.25) is 9.69 Å². The van der Waals surface area contributed by atoms with E-state index < -0.39 is 0 Å². The van der Waals surface area contributed by atoms with Crippen molar-refractivity contribution < 1.29 is 14.3 Å². The second-order valence-corrected chi connectivity index (χ2v) is 8.68. The van der Waals surface area contributed by atoms with Crippen molar-refractivity contribution in [1.29, 1.82) is 0 Å². The predicted molar refractivity (Wildman–Crippen MR) is 115 cm³/mol. The van der Waals surface area contributed by atoms with Gasteiger partial charge in [-0.25, -0.2) is 4.98 Å². The van der Waals surface area contributed by atoms with Crippen molar-refractivity contribution in [1.82, 2.24) is 19.4 Å². The average molecular weight is 413 g/mol. The van der Waals surface area contributed by atoms with Crippen molar-refractivity contribution in [2.75, 3.05) is 39.3 Å². The molecule has 0 unspecified atom stereocenters. The third-order valence-corrected chi connectivity index (χ3v) is 5.91. The molecule has 7 nitrogen and oxygen atoms in total. The van der Waals surface area contributed by atoms with Crippen LogP contribution in [0, 0.1) is 0 Å². The van der Waals surface area contributed by atoms with Gasteiger partial charge in [-0.2, -0.15) is 0 Å². The van der Waals surface area contributed by atoms with Gasteiger partial charge in [-0.15, -0.1) is 0 Å². The molecule has 3 heterocycles. The number of ether oxygens (including phenoxy) is 2. The van der Waals surface area contributed by atoms with Crippen LogP contribution >= 0.6 is 0 Å². The van der Waals surface area contributed by atoms with Crippen LogP contribution in [0.3, 0.4) is 0 Å². The molecule has 1 fully saturated rings. The van der Waals surface area contributed by atoms with E-state index in [1.807, 2.05) is 29.4 Å². The van der Waals surface area contributed by atoms with E-state index in [0.717, 1.165) is 69.2 Å². The summed E-state index contributed by atoms with van der Waals surface area (Å²) in [4.78, 5) is 21.3. The van der Waals surface area contributed by atoms with Gasteiger partial charge in [-0.1, -0.05) is 19.1 Å². The summed E-state index contributed by atoms with van der Waals surface area (Å²) >= 11 is 0. The number of carbonyl (C=O) groups is 1. The minimum Gasteiger partial charge on any atom is -0.483 e. The summed E-state index contributed by atoms with van der Waals surface area (Å²) in [6, 6.07) is 5.91. The summed E-state index contributed by atoms with van der Waals surface area (Å²) in [6.45, 7) is 11.5. The van der Waals surface area contributed by atoms with E-state index in [4.69, 9.17) is 9.47 Å². The minimum atomic E-state index is -0.225. The smallest absolute Gasteiger partial charge is 0.260 e. The Bertz CT molecular complexity index is 884. The van der Waals surface area contributed by atoms with Gasteiger partial charge < -0.3 is 18.9 Å². The number of piperazine rings is 1. The Kier molecular flexibility index (Phi) is 5.99. The van der Waals surface area contributed by atoms with Crippen LogP contribution in [-0.4, -0.2) is 70.2 Å². The lowest BCUT2D eigenvalue weighted by atomic mass is 10.0. The van der Waals surface area contributed by atoms with Crippen LogP contribution in [0.25, 0.3) is 0 Å². The molecule has 1 aromatic heterocycles. The van der Waals surface area contributed by atoms with Crippen LogP contribution < -0.4 is 9.47 Å². The van der Waals surface area contributed by atoms with Gasteiger partial charge in [0.05, 0.1) is 0 Å². The minimum absolute atomic E-state index is 0.0346. The van der Waals surface area contributed by atoms with E-state index >= 15 is 0 Å². The Morgan fingerprint density at radius 1 is 1.20 bits per heavy atom. The molecule has 0 radical (unpaired) electrons. The van der Waals surface area contributed by atoms with Crippen molar-refractivity contribution in [3.8, 4) is 11.5 Å². The van der Waals surface area contributed by atoms with E-state index in [-0.39, 0.29) is 18.1 Å². The number of nitrogens with zero attached hydrogens (tertiary/aromatic N) is 4. The van der Waals surface area contributed by atoms with Crippen LogP contribution in [0.2, 0.25) is 0 Å². The normalized spacial score (nSPS) is 18.2. The number of aromatic nitrogens is 2. The van der Waals surface area contributed by atoms with Gasteiger partial charge in [0.25, 0.3) is 5.91 Å². The van der Waals surface area contributed by atoms with Crippen molar-refractivity contribution in [2.24, 2.45) is 0 Å². The molecule has 0 bridgehead atoms. The van der Waals surface area contributed by atoms with Crippen LogP contribution in [0.4, 0.5) is 0 Å². The van der Waals surface area contributed by atoms with E-state index in [1.54, 1.807) is 0 Å². The molecule has 0 N–H and O–H groups in total. The van der Waals surface area contributed by atoms with Gasteiger partial charge in [0.15, 0.2) is 18.1 Å². The lowest BCUT2D eigenvalue weighted by molar-refractivity contribution is -0.135. The van der Waals surface area contributed by atoms with Gasteiger partial charge in [0.1, 0.15) is 11.4 Å². The van der Waals surface area contributed by atoms with Crippen molar-refractivity contribution >= 4 is 5.91 Å². The zero-order valence-electron chi connectivity index (χ0n) is 18.3. The second-order valence-electron chi connectivity index (χ2n) is 8.68. The Balaban J connectivity index is 1.23. The van der Waals surface area contributed by atoms with Crippen molar-refractivity contribution in [2.45, 2.75) is 45.8 Å². The lowest BCUT2D eigenvalue weighted by Crippen LogP contribution is -2.50. The van der Waals surface area contributed by atoms with Gasteiger partial charge >= 0.3 is 0 Å². The molecule has 1 saturated heterocycles. The molecule has 7 heteroatoms. The average Bonchev–Trinajstić information content (AvgIpc) is 3.32. The highest BCUT2D eigenvalue weighted by molar-refractivity contribution is 5.78. The molecule has 4 rings (SSSR count). The largest absolute Gasteiger partial charge is 0.483 e. The Hall–Kier alpha value is -2.54.